The third-order valence-electron chi connectivity index (χ3n) is 5.37. The normalized spacial score (nSPS) is 12.7. The topological polar surface area (TPSA) is 173 Å². The van der Waals surface area contributed by atoms with E-state index in [9.17, 15) is 37.6 Å². The number of ether oxygens (including phenoxy) is 1. The fourth-order valence-corrected chi connectivity index (χ4v) is 4.00. The number of hydrogen-bond acceptors (Lipinski definition) is 9. The van der Waals surface area contributed by atoms with Crippen molar-refractivity contribution in [1.29, 1.82) is 0 Å². The van der Waals surface area contributed by atoms with Gasteiger partial charge in [0.15, 0.2) is 5.25 Å². The molecule has 0 aliphatic rings. The van der Waals surface area contributed by atoms with Crippen LogP contribution in [-0.4, -0.2) is 60.4 Å². The summed E-state index contributed by atoms with van der Waals surface area (Å²) < 4.78 is 37.4. The van der Waals surface area contributed by atoms with Crippen LogP contribution in [0.1, 0.15) is 96.8 Å². The molecule has 1 amide bonds. The van der Waals surface area contributed by atoms with Crippen molar-refractivity contribution in [3.8, 4) is 0 Å². The molecule has 0 bridgehead atoms. The van der Waals surface area contributed by atoms with E-state index in [-0.39, 0.29) is 84.3 Å². The Hall–Kier alpha value is 0.0200. The van der Waals surface area contributed by atoms with Gasteiger partial charge in [-0.1, -0.05) is 64.0 Å². The Morgan fingerprint density at radius 1 is 0.973 bits per heavy atom. The Kier molecular flexibility index (Phi) is 29.4. The molecule has 0 saturated heterocycles. The molecule has 0 rings (SSSR count). The second-order valence-electron chi connectivity index (χ2n) is 8.59. The van der Waals surface area contributed by atoms with E-state index in [0.717, 1.165) is 44.9 Å². The SMILES string of the molecule is CCCCCC[C@@H](O)C/C=C\CCCCCCCC(=O)NCCOC(=O)C(CC(=O)[O-])S(=O)(=O)[O-].[Na+].[Na+]. The van der Waals surface area contributed by atoms with Gasteiger partial charge < -0.3 is 29.6 Å². The third-order valence-corrected chi connectivity index (χ3v) is 6.43. The number of hydrogen-bond donors (Lipinski definition) is 2. The van der Waals surface area contributed by atoms with E-state index in [2.05, 4.69) is 29.1 Å². The summed E-state index contributed by atoms with van der Waals surface area (Å²) in [6, 6.07) is 0. The van der Waals surface area contributed by atoms with Gasteiger partial charge in [0.1, 0.15) is 16.7 Å². The Labute approximate surface area is 266 Å². The smallest absolute Gasteiger partial charge is 0.747 e. The molecule has 1 unspecified atom stereocenters. The van der Waals surface area contributed by atoms with Gasteiger partial charge in [-0.2, -0.15) is 0 Å². The molecule has 0 aromatic carbocycles. The fourth-order valence-electron chi connectivity index (χ4n) is 3.35. The molecule has 2 atom stereocenters. The molecule has 0 aromatic heterocycles. The van der Waals surface area contributed by atoms with Gasteiger partial charge in [0.2, 0.25) is 5.91 Å². The van der Waals surface area contributed by atoms with Crippen LogP contribution in [0.25, 0.3) is 0 Å². The quantitative estimate of drug-likeness (QED) is 0.0433. The summed E-state index contributed by atoms with van der Waals surface area (Å²) in [4.78, 5) is 33.8. The minimum Gasteiger partial charge on any atom is -0.747 e. The van der Waals surface area contributed by atoms with Crippen molar-refractivity contribution in [2.45, 2.75) is 108 Å². The summed E-state index contributed by atoms with van der Waals surface area (Å²) in [6.07, 6.45) is 14.9. The maximum Gasteiger partial charge on any atom is 1.00 e. The minimum absolute atomic E-state index is 0. The van der Waals surface area contributed by atoms with Gasteiger partial charge in [0.25, 0.3) is 0 Å². The number of allylic oxidation sites excluding steroid dienone is 1. The van der Waals surface area contributed by atoms with E-state index in [1.807, 2.05) is 0 Å². The minimum atomic E-state index is -5.19. The molecule has 0 radical (unpaired) electrons. The number of aliphatic carboxylic acids is 1. The van der Waals surface area contributed by atoms with Crippen LogP contribution < -0.4 is 69.5 Å². The van der Waals surface area contributed by atoms with Crippen LogP contribution in [0.3, 0.4) is 0 Å². The van der Waals surface area contributed by atoms with E-state index in [0.29, 0.717) is 19.3 Å². The summed E-state index contributed by atoms with van der Waals surface area (Å²) in [5.74, 6) is -3.59. The van der Waals surface area contributed by atoms with Crippen molar-refractivity contribution in [2.24, 2.45) is 0 Å². The van der Waals surface area contributed by atoms with Crippen LogP contribution in [0.2, 0.25) is 0 Å². The second-order valence-corrected chi connectivity index (χ2v) is 10.1. The summed E-state index contributed by atoms with van der Waals surface area (Å²) >= 11 is 0. The van der Waals surface area contributed by atoms with Crippen LogP contribution in [0.4, 0.5) is 0 Å². The van der Waals surface area contributed by atoms with Crippen molar-refractivity contribution < 1.29 is 101 Å². The predicted octanol–water partition coefficient (Wildman–Crippen LogP) is -4.28. The number of carbonyl (C=O) groups excluding carboxylic acids is 3. The first kappa shape index (κ1) is 41.5. The van der Waals surface area contributed by atoms with Crippen LogP contribution in [-0.2, 0) is 29.2 Å². The number of nitrogens with one attached hydrogen (secondary N) is 1. The molecule has 0 aromatic rings. The second kappa shape index (κ2) is 26.3. The summed E-state index contributed by atoms with van der Waals surface area (Å²) in [6.45, 7) is 1.70. The van der Waals surface area contributed by atoms with E-state index in [1.54, 1.807) is 0 Å². The summed E-state index contributed by atoms with van der Waals surface area (Å²) in [5, 5.41) is 20.5. The number of esters is 1. The molecule has 13 heteroatoms. The average Bonchev–Trinajstić information content (AvgIpc) is 2.78. The number of carbonyl (C=O) groups is 3. The number of carboxylic acid groups (broad SMARTS) is 1. The van der Waals surface area contributed by atoms with Gasteiger partial charge in [-0.25, -0.2) is 8.42 Å². The van der Waals surface area contributed by atoms with Gasteiger partial charge in [0, 0.05) is 18.8 Å². The zero-order valence-corrected chi connectivity index (χ0v) is 27.6. The van der Waals surface area contributed by atoms with Crippen molar-refractivity contribution in [2.75, 3.05) is 13.2 Å². The van der Waals surface area contributed by atoms with Gasteiger partial charge in [-0.15, -0.1) is 0 Å². The van der Waals surface area contributed by atoms with Crippen LogP contribution in [0.15, 0.2) is 12.2 Å². The first-order chi connectivity index (χ1) is 16.6. The van der Waals surface area contributed by atoms with Crippen molar-refractivity contribution in [3.63, 3.8) is 0 Å². The Bertz CT molecular complexity index is 749. The number of amides is 1. The van der Waals surface area contributed by atoms with Crippen LogP contribution in [0, 0.1) is 0 Å². The van der Waals surface area contributed by atoms with E-state index in [4.69, 9.17) is 0 Å². The maximum atomic E-state index is 11.8. The van der Waals surface area contributed by atoms with Gasteiger partial charge in [-0.05, 0) is 32.1 Å². The van der Waals surface area contributed by atoms with Crippen LogP contribution >= 0.6 is 0 Å². The molecule has 10 nitrogen and oxygen atoms in total. The molecule has 0 heterocycles. The molecule has 204 valence electrons. The number of rotatable bonds is 22. The number of aliphatic hydroxyl groups excluding tert-OH is 1. The largest absolute Gasteiger partial charge is 1.00 e. The summed E-state index contributed by atoms with van der Waals surface area (Å²) in [7, 11) is -5.19. The summed E-state index contributed by atoms with van der Waals surface area (Å²) in [5.41, 5.74) is 0. The fraction of sp³-hybridized carbons (Fsp3) is 0.792. The number of carboxylic acids is 1. The maximum absolute atomic E-state index is 11.8. The Balaban J connectivity index is -0.00000578. The molecule has 37 heavy (non-hydrogen) atoms. The molecule has 0 aliphatic carbocycles. The van der Waals surface area contributed by atoms with Crippen molar-refractivity contribution in [1.82, 2.24) is 5.32 Å². The Morgan fingerprint density at radius 3 is 2.22 bits per heavy atom. The monoisotopic (exact) mass is 565 g/mol. The first-order valence-electron chi connectivity index (χ1n) is 12.5. The van der Waals surface area contributed by atoms with E-state index >= 15 is 0 Å². The molecule has 0 saturated carbocycles. The predicted molar refractivity (Wildman–Crippen MR) is 128 cm³/mol. The van der Waals surface area contributed by atoms with E-state index in [1.165, 1.54) is 19.3 Å². The van der Waals surface area contributed by atoms with Crippen molar-refractivity contribution >= 4 is 28.0 Å². The zero-order valence-electron chi connectivity index (χ0n) is 22.7. The van der Waals surface area contributed by atoms with Crippen LogP contribution in [0.5, 0.6) is 0 Å². The molecule has 0 spiro atoms. The first-order valence-corrected chi connectivity index (χ1v) is 14.0. The Morgan fingerprint density at radius 2 is 1.59 bits per heavy atom. The zero-order chi connectivity index (χ0) is 26.5. The van der Waals surface area contributed by atoms with Gasteiger partial charge in [-0.3, -0.25) is 9.59 Å². The average molecular weight is 566 g/mol. The molecule has 2 N–H and O–H groups in total. The van der Waals surface area contributed by atoms with E-state index < -0.39 is 33.7 Å². The van der Waals surface area contributed by atoms with Crippen molar-refractivity contribution in [3.05, 3.63) is 12.2 Å². The number of unbranched alkanes of at least 4 members (excludes halogenated alkanes) is 8. The molecule has 0 fully saturated rings. The standard InChI is InChI=1S/C24H43NO9S.2Na/c1-2-3-4-11-14-20(26)15-12-9-7-5-6-8-10-13-16-22(27)25-17-18-34-24(30)21(19-23(28)29)35(31,32)33;;/h9,12,20-21,26H,2-8,10-11,13-19H2,1H3,(H,25,27)(H,28,29)(H,31,32,33);;/q;2*+1/p-2/b12-9-;;/t20-,21?;;/m1../s1. The third kappa shape index (κ3) is 26.0. The van der Waals surface area contributed by atoms with Gasteiger partial charge >= 0.3 is 65.1 Å². The molecule has 0 aliphatic heterocycles. The molecular weight excluding hydrogens is 524 g/mol. The molecular formula is C24H41NNa2O9S. The van der Waals surface area contributed by atoms with Gasteiger partial charge in [0.05, 0.1) is 12.6 Å². The number of aliphatic hydroxyl groups is 1.